The van der Waals surface area contributed by atoms with E-state index in [9.17, 15) is 4.39 Å². The molecular formula is C15H23F. The monoisotopic (exact) mass is 222 g/mol. The van der Waals surface area contributed by atoms with Crippen molar-refractivity contribution < 1.29 is 4.39 Å². The first kappa shape index (κ1) is 13.2. The first-order chi connectivity index (χ1) is 7.56. The molecule has 90 valence electrons. The molecule has 0 aliphatic heterocycles. The van der Waals surface area contributed by atoms with Crippen molar-refractivity contribution in [1.29, 1.82) is 0 Å². The number of hydrogen-bond acceptors (Lipinski definition) is 0. The van der Waals surface area contributed by atoms with Crippen LogP contribution < -0.4 is 0 Å². The van der Waals surface area contributed by atoms with Gasteiger partial charge in [-0.15, -0.1) is 0 Å². The van der Waals surface area contributed by atoms with Crippen LogP contribution in [-0.2, 0) is 0 Å². The molecule has 0 spiro atoms. The highest BCUT2D eigenvalue weighted by Crippen LogP contribution is 2.32. The predicted molar refractivity (Wildman–Crippen MR) is 68.6 cm³/mol. The molecule has 1 aromatic carbocycles. The quantitative estimate of drug-likeness (QED) is 0.666. The molecule has 0 aliphatic carbocycles. The van der Waals surface area contributed by atoms with Crippen molar-refractivity contribution in [3.63, 3.8) is 0 Å². The third-order valence-corrected chi connectivity index (χ3v) is 3.54. The van der Waals surface area contributed by atoms with Gasteiger partial charge in [-0.05, 0) is 43.2 Å². The Hall–Kier alpha value is -0.850. The Bertz CT molecular complexity index is 317. The van der Waals surface area contributed by atoms with Gasteiger partial charge in [0.05, 0.1) is 6.17 Å². The van der Waals surface area contributed by atoms with E-state index in [1.807, 2.05) is 0 Å². The van der Waals surface area contributed by atoms with Crippen LogP contribution in [0.15, 0.2) is 24.3 Å². The summed E-state index contributed by atoms with van der Waals surface area (Å²) in [7, 11) is 0. The van der Waals surface area contributed by atoms with Gasteiger partial charge in [-0.2, -0.15) is 0 Å². The van der Waals surface area contributed by atoms with Crippen molar-refractivity contribution in [3.8, 4) is 0 Å². The number of rotatable bonds is 5. The van der Waals surface area contributed by atoms with Gasteiger partial charge in [-0.3, -0.25) is 0 Å². The van der Waals surface area contributed by atoms with Crippen LogP contribution >= 0.6 is 0 Å². The predicted octanol–water partition coefficient (Wildman–Crippen LogP) is 4.87. The van der Waals surface area contributed by atoms with Gasteiger partial charge in [0.25, 0.3) is 0 Å². The van der Waals surface area contributed by atoms with E-state index in [1.165, 1.54) is 11.1 Å². The zero-order valence-corrected chi connectivity index (χ0v) is 10.8. The van der Waals surface area contributed by atoms with E-state index >= 15 is 0 Å². The molecule has 0 aliphatic rings. The minimum absolute atomic E-state index is 0.445. The van der Waals surface area contributed by atoms with Gasteiger partial charge in [-0.1, -0.05) is 44.5 Å². The maximum absolute atomic E-state index is 13.1. The Labute approximate surface area is 98.9 Å². The Balaban J connectivity index is 2.82. The Kier molecular flexibility index (Phi) is 4.98. The normalized spacial score (nSPS) is 16.8. The number of benzene rings is 1. The fourth-order valence-electron chi connectivity index (χ4n) is 2.49. The molecule has 0 saturated carbocycles. The highest BCUT2D eigenvalue weighted by atomic mass is 19.1. The Morgan fingerprint density at radius 2 is 1.81 bits per heavy atom. The smallest absolute Gasteiger partial charge is 0.0976 e. The molecule has 1 heteroatoms. The molecule has 0 radical (unpaired) electrons. The minimum Gasteiger partial charge on any atom is -0.248 e. The number of alkyl halides is 1. The highest BCUT2D eigenvalue weighted by molar-refractivity contribution is 5.29. The maximum Gasteiger partial charge on any atom is 0.0976 e. The van der Waals surface area contributed by atoms with Gasteiger partial charge >= 0.3 is 0 Å². The van der Waals surface area contributed by atoms with Gasteiger partial charge in [0.2, 0.25) is 0 Å². The molecule has 0 aromatic heterocycles. The standard InChI is InChI=1S/C15H23F/c1-5-14(10-12(3)16)13(4)15-9-7-6-8-11(15)2/h6-9,12-14H,5,10H2,1-4H3. The second-order valence-corrected chi connectivity index (χ2v) is 4.83. The summed E-state index contributed by atoms with van der Waals surface area (Å²) in [5.74, 6) is 0.894. The summed E-state index contributed by atoms with van der Waals surface area (Å²) in [6.45, 7) is 8.17. The first-order valence-electron chi connectivity index (χ1n) is 6.25. The van der Waals surface area contributed by atoms with Crippen LogP contribution in [0.3, 0.4) is 0 Å². The molecule has 1 rings (SSSR count). The van der Waals surface area contributed by atoms with E-state index in [-0.39, 0.29) is 0 Å². The van der Waals surface area contributed by atoms with E-state index in [1.54, 1.807) is 6.92 Å². The molecular weight excluding hydrogens is 199 g/mol. The average Bonchev–Trinajstić information content (AvgIpc) is 2.25. The number of aryl methyl sites for hydroxylation is 1. The molecule has 0 heterocycles. The SMILES string of the molecule is CCC(CC(C)F)C(C)c1ccccc1C. The van der Waals surface area contributed by atoms with Crippen LogP contribution in [0.1, 0.15) is 50.7 Å². The van der Waals surface area contributed by atoms with Crippen molar-refractivity contribution in [2.45, 2.75) is 52.6 Å². The van der Waals surface area contributed by atoms with Gasteiger partial charge < -0.3 is 0 Å². The van der Waals surface area contributed by atoms with Crippen molar-refractivity contribution in [2.75, 3.05) is 0 Å². The number of halogens is 1. The van der Waals surface area contributed by atoms with E-state index < -0.39 is 6.17 Å². The molecule has 1 aromatic rings. The molecule has 0 fully saturated rings. The molecule has 3 atom stereocenters. The summed E-state index contributed by atoms with van der Waals surface area (Å²) in [6.07, 6.45) is 1.02. The maximum atomic E-state index is 13.1. The van der Waals surface area contributed by atoms with Crippen LogP contribution in [0.5, 0.6) is 0 Å². The van der Waals surface area contributed by atoms with Crippen LogP contribution in [0.25, 0.3) is 0 Å². The molecule has 0 amide bonds. The summed E-state index contributed by atoms with van der Waals surface area (Å²) in [5, 5.41) is 0. The lowest BCUT2D eigenvalue weighted by atomic mass is 9.81. The molecule has 16 heavy (non-hydrogen) atoms. The summed E-state index contributed by atoms with van der Waals surface area (Å²) in [5.41, 5.74) is 2.69. The van der Waals surface area contributed by atoms with Crippen LogP contribution in [0.2, 0.25) is 0 Å². The van der Waals surface area contributed by atoms with Gasteiger partial charge in [0.1, 0.15) is 0 Å². The van der Waals surface area contributed by atoms with Crippen molar-refractivity contribution in [3.05, 3.63) is 35.4 Å². The zero-order valence-electron chi connectivity index (χ0n) is 10.8. The summed E-state index contributed by atoms with van der Waals surface area (Å²) < 4.78 is 13.1. The second kappa shape index (κ2) is 6.03. The van der Waals surface area contributed by atoms with Crippen LogP contribution in [0, 0.1) is 12.8 Å². The van der Waals surface area contributed by atoms with E-state index in [0.717, 1.165) is 6.42 Å². The molecule has 0 saturated heterocycles. The molecule has 0 nitrogen and oxygen atoms in total. The average molecular weight is 222 g/mol. The minimum atomic E-state index is -0.698. The lowest BCUT2D eigenvalue weighted by molar-refractivity contribution is 0.263. The summed E-state index contributed by atoms with van der Waals surface area (Å²) >= 11 is 0. The zero-order chi connectivity index (χ0) is 12.1. The van der Waals surface area contributed by atoms with Gasteiger partial charge in [-0.25, -0.2) is 4.39 Å². The van der Waals surface area contributed by atoms with Crippen molar-refractivity contribution in [1.82, 2.24) is 0 Å². The van der Waals surface area contributed by atoms with E-state index in [0.29, 0.717) is 18.3 Å². The van der Waals surface area contributed by atoms with Crippen molar-refractivity contribution in [2.24, 2.45) is 5.92 Å². The summed E-state index contributed by atoms with van der Waals surface area (Å²) in [6, 6.07) is 8.44. The third kappa shape index (κ3) is 3.33. The lowest BCUT2D eigenvalue weighted by Gasteiger charge is -2.25. The first-order valence-corrected chi connectivity index (χ1v) is 6.25. The van der Waals surface area contributed by atoms with E-state index in [4.69, 9.17) is 0 Å². The largest absolute Gasteiger partial charge is 0.248 e. The Morgan fingerprint density at radius 1 is 1.19 bits per heavy atom. The van der Waals surface area contributed by atoms with Crippen molar-refractivity contribution >= 4 is 0 Å². The van der Waals surface area contributed by atoms with Gasteiger partial charge in [0, 0.05) is 0 Å². The van der Waals surface area contributed by atoms with Crippen LogP contribution in [0.4, 0.5) is 4.39 Å². The molecule has 0 bridgehead atoms. The molecule has 0 N–H and O–H groups in total. The second-order valence-electron chi connectivity index (χ2n) is 4.83. The van der Waals surface area contributed by atoms with E-state index in [2.05, 4.69) is 45.0 Å². The lowest BCUT2D eigenvalue weighted by Crippen LogP contribution is -2.14. The third-order valence-electron chi connectivity index (χ3n) is 3.54. The molecule has 3 unspecified atom stereocenters. The topological polar surface area (TPSA) is 0 Å². The van der Waals surface area contributed by atoms with Gasteiger partial charge in [0.15, 0.2) is 0 Å². The number of hydrogen-bond donors (Lipinski definition) is 0. The fraction of sp³-hybridized carbons (Fsp3) is 0.600. The fourth-order valence-corrected chi connectivity index (χ4v) is 2.49. The van der Waals surface area contributed by atoms with Crippen LogP contribution in [-0.4, -0.2) is 6.17 Å². The Morgan fingerprint density at radius 3 is 2.31 bits per heavy atom. The highest BCUT2D eigenvalue weighted by Gasteiger charge is 2.20. The summed E-state index contributed by atoms with van der Waals surface area (Å²) in [4.78, 5) is 0.